The molecule has 0 aliphatic heterocycles. The fourth-order valence-electron chi connectivity index (χ4n) is 2.63. The van der Waals surface area contributed by atoms with Gasteiger partial charge in [-0.25, -0.2) is 4.79 Å². The molecule has 7 N–H and O–H groups in total. The summed E-state index contributed by atoms with van der Waals surface area (Å²) in [6, 6.07) is 6.35. The van der Waals surface area contributed by atoms with Crippen molar-refractivity contribution in [2.24, 2.45) is 22.4 Å². The molecule has 1 aromatic carbocycles. The Hall–Kier alpha value is -2.84. The van der Waals surface area contributed by atoms with E-state index in [4.69, 9.17) is 17.3 Å². The first kappa shape index (κ1) is 20.2. The first-order valence-electron chi connectivity index (χ1n) is 7.50. The molecule has 0 saturated carbocycles. The van der Waals surface area contributed by atoms with Crippen LogP contribution in [-0.4, -0.2) is 34.9 Å². The molecular weight excluding hydrogens is 324 g/mol. The summed E-state index contributed by atoms with van der Waals surface area (Å²) in [5.74, 6) is 2.69. The molecule has 0 radical (unpaired) electrons. The van der Waals surface area contributed by atoms with Crippen LogP contribution in [0.25, 0.3) is 0 Å². The number of carbonyl (C=O) groups excluding carboxylic acids is 2. The maximum Gasteiger partial charge on any atom is 0.333 e. The number of carbonyl (C=O) groups is 3. The van der Waals surface area contributed by atoms with Gasteiger partial charge in [-0.05, 0) is 17.5 Å². The highest BCUT2D eigenvalue weighted by Gasteiger charge is 2.57. The van der Waals surface area contributed by atoms with Gasteiger partial charge in [0.2, 0.25) is 0 Å². The lowest BCUT2D eigenvalue weighted by atomic mass is 9.68. The number of nitrogens with two attached hydrogens (primary N) is 3. The highest BCUT2D eigenvalue weighted by Crippen LogP contribution is 2.35. The molecular formula is C17H22N4O4. The number of aldehydes is 1. The molecule has 0 aliphatic rings. The summed E-state index contributed by atoms with van der Waals surface area (Å²) in [7, 11) is 0. The molecule has 1 rings (SSSR count). The summed E-state index contributed by atoms with van der Waals surface area (Å²) in [6.45, 7) is 3.58. The monoisotopic (exact) mass is 346 g/mol. The van der Waals surface area contributed by atoms with Crippen LogP contribution in [0.5, 0.6) is 0 Å². The van der Waals surface area contributed by atoms with Crippen molar-refractivity contribution in [1.29, 1.82) is 0 Å². The predicted molar refractivity (Wildman–Crippen MR) is 93.8 cm³/mol. The molecule has 8 nitrogen and oxygen atoms in total. The average Bonchev–Trinajstić information content (AvgIpc) is 2.59. The topological polar surface area (TPSA) is 162 Å². The molecule has 8 heteroatoms. The molecule has 0 aliphatic carbocycles. The van der Waals surface area contributed by atoms with Crippen molar-refractivity contribution in [3.8, 4) is 0 Å². The van der Waals surface area contributed by atoms with Gasteiger partial charge in [-0.15, -0.1) is 6.58 Å². The van der Waals surface area contributed by atoms with Crippen LogP contribution in [0.3, 0.4) is 0 Å². The fraction of sp³-hybridized carbons (Fsp3) is 0.294. The lowest BCUT2D eigenvalue weighted by Crippen LogP contribution is -2.72. The molecule has 1 aromatic rings. The number of hydrogen-bond acceptors (Lipinski definition) is 7. The standard InChI is InChI=1S/C17H22N4O4/c1-2-9-16(18,13-7-5-12(6-8-13)11-21-20)17(19,15(24)25)14(23)4-3-10-22/h2,5-8,10-11H,1,3-4,9,18-20H2,(H,24,25). The number of carboxylic acids is 1. The van der Waals surface area contributed by atoms with E-state index in [1.54, 1.807) is 24.3 Å². The van der Waals surface area contributed by atoms with Gasteiger partial charge < -0.3 is 27.2 Å². The Labute approximate surface area is 145 Å². The summed E-state index contributed by atoms with van der Waals surface area (Å²) in [5, 5.41) is 13.1. The largest absolute Gasteiger partial charge is 0.479 e. The zero-order valence-corrected chi connectivity index (χ0v) is 13.7. The van der Waals surface area contributed by atoms with E-state index >= 15 is 0 Å². The second-order valence-electron chi connectivity index (χ2n) is 5.61. The zero-order valence-electron chi connectivity index (χ0n) is 13.7. The van der Waals surface area contributed by atoms with Gasteiger partial charge in [0.15, 0.2) is 11.3 Å². The van der Waals surface area contributed by atoms with Crippen molar-refractivity contribution in [1.82, 2.24) is 0 Å². The van der Waals surface area contributed by atoms with E-state index in [1.165, 1.54) is 12.3 Å². The van der Waals surface area contributed by atoms with Crippen LogP contribution in [-0.2, 0) is 19.9 Å². The summed E-state index contributed by atoms with van der Waals surface area (Å²) in [5.41, 5.74) is 9.22. The van der Waals surface area contributed by atoms with Crippen molar-refractivity contribution in [2.75, 3.05) is 0 Å². The van der Waals surface area contributed by atoms with E-state index in [0.717, 1.165) is 0 Å². The zero-order chi connectivity index (χ0) is 19.1. The number of nitrogens with zero attached hydrogens (tertiary/aromatic N) is 1. The molecule has 0 spiro atoms. The average molecular weight is 346 g/mol. The summed E-state index contributed by atoms with van der Waals surface area (Å²) in [4.78, 5) is 35.0. The van der Waals surface area contributed by atoms with E-state index in [2.05, 4.69) is 11.7 Å². The second-order valence-corrected chi connectivity index (χ2v) is 5.61. The maximum atomic E-state index is 12.5. The molecule has 0 bridgehead atoms. The van der Waals surface area contributed by atoms with E-state index in [-0.39, 0.29) is 19.3 Å². The van der Waals surface area contributed by atoms with Gasteiger partial charge in [0.05, 0.1) is 11.8 Å². The number of ketones is 1. The number of rotatable bonds is 10. The lowest BCUT2D eigenvalue weighted by molar-refractivity contribution is -0.152. The minimum atomic E-state index is -2.42. The van der Waals surface area contributed by atoms with Crippen LogP contribution in [0.15, 0.2) is 42.0 Å². The Morgan fingerprint density at radius 3 is 2.28 bits per heavy atom. The van der Waals surface area contributed by atoms with E-state index in [1.807, 2.05) is 0 Å². The van der Waals surface area contributed by atoms with Crippen LogP contribution in [0.4, 0.5) is 0 Å². The van der Waals surface area contributed by atoms with Gasteiger partial charge in [-0.3, -0.25) is 4.79 Å². The number of carboxylic acid groups (broad SMARTS) is 1. The predicted octanol–water partition coefficient (Wildman–Crippen LogP) is 0.0396. The summed E-state index contributed by atoms with van der Waals surface area (Å²) < 4.78 is 0. The minimum absolute atomic E-state index is 0.0625. The Morgan fingerprint density at radius 2 is 1.84 bits per heavy atom. The smallest absolute Gasteiger partial charge is 0.333 e. The van der Waals surface area contributed by atoms with Gasteiger partial charge >= 0.3 is 5.97 Å². The maximum absolute atomic E-state index is 12.5. The van der Waals surface area contributed by atoms with Gasteiger partial charge in [0, 0.05) is 12.8 Å². The van der Waals surface area contributed by atoms with Gasteiger partial charge in [0.25, 0.3) is 0 Å². The minimum Gasteiger partial charge on any atom is -0.479 e. The molecule has 0 saturated heterocycles. The highest BCUT2D eigenvalue weighted by molar-refractivity contribution is 6.09. The van der Waals surface area contributed by atoms with Gasteiger partial charge in [0.1, 0.15) is 6.29 Å². The van der Waals surface area contributed by atoms with Gasteiger partial charge in [-0.2, -0.15) is 5.10 Å². The Balaban J connectivity index is 3.49. The third-order valence-corrected chi connectivity index (χ3v) is 4.09. The van der Waals surface area contributed by atoms with Crippen molar-refractivity contribution < 1.29 is 19.5 Å². The SMILES string of the molecule is C=CCC(N)(c1ccc(C=NN)cc1)C(N)(C(=O)O)C(=O)CCC=O. The normalized spacial score (nSPS) is 15.9. The van der Waals surface area contributed by atoms with Crippen LogP contribution in [0.1, 0.15) is 30.4 Å². The van der Waals surface area contributed by atoms with Crippen LogP contribution >= 0.6 is 0 Å². The quantitative estimate of drug-likeness (QED) is 0.116. The third kappa shape index (κ3) is 3.81. The summed E-state index contributed by atoms with van der Waals surface area (Å²) >= 11 is 0. The van der Waals surface area contributed by atoms with Crippen LogP contribution in [0, 0.1) is 0 Å². The summed E-state index contributed by atoms with van der Waals surface area (Å²) in [6.07, 6.45) is 2.80. The van der Waals surface area contributed by atoms with Crippen LogP contribution < -0.4 is 17.3 Å². The van der Waals surface area contributed by atoms with Gasteiger partial charge in [-0.1, -0.05) is 30.3 Å². The Kier molecular flexibility index (Phi) is 6.72. The van der Waals surface area contributed by atoms with Crippen molar-refractivity contribution in [3.63, 3.8) is 0 Å². The molecule has 2 unspecified atom stereocenters. The highest BCUT2D eigenvalue weighted by atomic mass is 16.4. The molecule has 2 atom stereocenters. The van der Waals surface area contributed by atoms with Crippen molar-refractivity contribution >= 4 is 24.3 Å². The number of hydrogen-bond donors (Lipinski definition) is 4. The lowest BCUT2D eigenvalue weighted by Gasteiger charge is -2.41. The number of hydrazone groups is 1. The number of benzene rings is 1. The molecule has 134 valence electrons. The molecule has 0 aromatic heterocycles. The number of aliphatic carboxylic acids is 1. The third-order valence-electron chi connectivity index (χ3n) is 4.09. The fourth-order valence-corrected chi connectivity index (χ4v) is 2.63. The Bertz CT molecular complexity index is 686. The van der Waals surface area contributed by atoms with Crippen molar-refractivity contribution in [2.45, 2.75) is 30.3 Å². The molecule has 0 amide bonds. The molecule has 0 fully saturated rings. The second kappa shape index (κ2) is 8.32. The first-order chi connectivity index (χ1) is 11.8. The number of Topliss-reactive ketones (excluding diaryl/α,β-unsaturated/α-hetero) is 1. The molecule has 0 heterocycles. The Morgan fingerprint density at radius 1 is 1.24 bits per heavy atom. The first-order valence-corrected chi connectivity index (χ1v) is 7.50. The van der Waals surface area contributed by atoms with E-state index in [0.29, 0.717) is 17.4 Å². The molecule has 25 heavy (non-hydrogen) atoms. The van der Waals surface area contributed by atoms with E-state index < -0.39 is 22.8 Å². The van der Waals surface area contributed by atoms with Crippen LogP contribution in [0.2, 0.25) is 0 Å². The van der Waals surface area contributed by atoms with Crippen molar-refractivity contribution in [3.05, 3.63) is 48.0 Å². The van der Waals surface area contributed by atoms with E-state index in [9.17, 15) is 19.5 Å².